The maximum atomic E-state index is 12.1. The minimum atomic E-state index is -4.27. The van der Waals surface area contributed by atoms with Crippen LogP contribution in [0.1, 0.15) is 25.3 Å². The van der Waals surface area contributed by atoms with Crippen LogP contribution in [0.15, 0.2) is 30.3 Å². The maximum absolute atomic E-state index is 12.1. The molecule has 1 unspecified atom stereocenters. The van der Waals surface area contributed by atoms with Gasteiger partial charge in [-0.1, -0.05) is 44.2 Å². The third kappa shape index (κ3) is 7.50. The lowest BCUT2D eigenvalue weighted by Crippen LogP contribution is -2.29. The number of halogens is 3. The van der Waals surface area contributed by atoms with Crippen LogP contribution in [0.3, 0.4) is 0 Å². The fourth-order valence-electron chi connectivity index (χ4n) is 1.86. The first-order valence-electron chi connectivity index (χ1n) is 6.78. The standard InChI is InChI=1S/C15H22F3NO/c1-12(2)8-19-9-14(10-20-11-15(16,17)18)13-6-4-3-5-7-13/h3-7,12,14,19H,8-11H2,1-2H3. The van der Waals surface area contributed by atoms with Crippen molar-refractivity contribution in [1.29, 1.82) is 0 Å². The molecular weight excluding hydrogens is 267 g/mol. The zero-order valence-corrected chi connectivity index (χ0v) is 11.9. The molecule has 1 N–H and O–H groups in total. The van der Waals surface area contributed by atoms with Crippen LogP contribution in [-0.2, 0) is 4.74 Å². The molecule has 0 fully saturated rings. The van der Waals surface area contributed by atoms with Gasteiger partial charge in [-0.2, -0.15) is 13.2 Å². The van der Waals surface area contributed by atoms with E-state index in [2.05, 4.69) is 19.2 Å². The number of benzene rings is 1. The normalized spacial score (nSPS) is 13.7. The molecule has 0 bridgehead atoms. The van der Waals surface area contributed by atoms with E-state index in [1.54, 1.807) is 0 Å². The molecule has 5 heteroatoms. The van der Waals surface area contributed by atoms with Gasteiger partial charge in [-0.25, -0.2) is 0 Å². The second-order valence-corrected chi connectivity index (χ2v) is 5.29. The Bertz CT molecular complexity index is 365. The highest BCUT2D eigenvalue weighted by Crippen LogP contribution is 2.19. The van der Waals surface area contributed by atoms with E-state index in [1.165, 1.54) is 0 Å². The highest BCUT2D eigenvalue weighted by atomic mass is 19.4. The third-order valence-electron chi connectivity index (χ3n) is 2.80. The first-order valence-corrected chi connectivity index (χ1v) is 6.78. The van der Waals surface area contributed by atoms with Crippen molar-refractivity contribution in [2.24, 2.45) is 5.92 Å². The minimum absolute atomic E-state index is 0.0641. The SMILES string of the molecule is CC(C)CNCC(COCC(F)(F)F)c1ccccc1. The van der Waals surface area contributed by atoms with Crippen molar-refractivity contribution in [2.45, 2.75) is 25.9 Å². The Balaban J connectivity index is 2.51. The van der Waals surface area contributed by atoms with E-state index >= 15 is 0 Å². The summed E-state index contributed by atoms with van der Waals surface area (Å²) in [5, 5.41) is 3.27. The molecule has 114 valence electrons. The molecule has 0 aliphatic carbocycles. The van der Waals surface area contributed by atoms with Crippen LogP contribution in [0, 0.1) is 5.92 Å². The number of rotatable bonds is 8. The Morgan fingerprint density at radius 2 is 1.75 bits per heavy atom. The molecular formula is C15H22F3NO. The van der Waals surface area contributed by atoms with E-state index in [4.69, 9.17) is 4.74 Å². The Morgan fingerprint density at radius 1 is 1.10 bits per heavy atom. The van der Waals surface area contributed by atoms with Crippen LogP contribution < -0.4 is 5.32 Å². The van der Waals surface area contributed by atoms with Gasteiger partial charge in [0.2, 0.25) is 0 Å². The number of alkyl halides is 3. The Labute approximate surface area is 118 Å². The predicted molar refractivity (Wildman–Crippen MR) is 73.8 cm³/mol. The largest absolute Gasteiger partial charge is 0.411 e. The first-order chi connectivity index (χ1) is 9.38. The van der Waals surface area contributed by atoms with Gasteiger partial charge in [0.05, 0.1) is 6.61 Å². The molecule has 0 aromatic heterocycles. The van der Waals surface area contributed by atoms with Gasteiger partial charge in [0, 0.05) is 12.5 Å². The van der Waals surface area contributed by atoms with E-state index in [0.717, 1.165) is 12.1 Å². The van der Waals surface area contributed by atoms with Gasteiger partial charge >= 0.3 is 6.18 Å². The summed E-state index contributed by atoms with van der Waals surface area (Å²) in [5.74, 6) is 0.430. The molecule has 20 heavy (non-hydrogen) atoms. The lowest BCUT2D eigenvalue weighted by atomic mass is 10.00. The lowest BCUT2D eigenvalue weighted by Gasteiger charge is -2.19. The fourth-order valence-corrected chi connectivity index (χ4v) is 1.86. The van der Waals surface area contributed by atoms with Crippen molar-refractivity contribution in [1.82, 2.24) is 5.32 Å². The summed E-state index contributed by atoms with van der Waals surface area (Å²) < 4.78 is 41.2. The van der Waals surface area contributed by atoms with Gasteiger partial charge in [-0.15, -0.1) is 0 Å². The van der Waals surface area contributed by atoms with E-state index in [0.29, 0.717) is 12.5 Å². The zero-order valence-electron chi connectivity index (χ0n) is 11.9. The number of nitrogens with one attached hydrogen (secondary N) is 1. The van der Waals surface area contributed by atoms with E-state index in [1.807, 2.05) is 30.3 Å². The van der Waals surface area contributed by atoms with Crippen LogP contribution in [0.5, 0.6) is 0 Å². The molecule has 0 aliphatic rings. The van der Waals surface area contributed by atoms with Crippen molar-refractivity contribution in [3.05, 3.63) is 35.9 Å². The zero-order chi connectivity index (χ0) is 15.0. The molecule has 1 aromatic carbocycles. The van der Waals surface area contributed by atoms with Gasteiger partial charge in [0.15, 0.2) is 0 Å². The molecule has 1 aromatic rings. The van der Waals surface area contributed by atoms with Crippen molar-refractivity contribution in [3.8, 4) is 0 Å². The molecule has 1 atom stereocenters. The molecule has 0 saturated heterocycles. The van der Waals surface area contributed by atoms with Gasteiger partial charge in [0.1, 0.15) is 6.61 Å². The molecule has 0 radical (unpaired) electrons. The molecule has 1 rings (SSSR count). The van der Waals surface area contributed by atoms with Crippen LogP contribution in [-0.4, -0.2) is 32.5 Å². The summed E-state index contributed by atoms with van der Waals surface area (Å²) in [6.07, 6.45) is -4.27. The Hall–Kier alpha value is -1.07. The summed E-state index contributed by atoms with van der Waals surface area (Å²) in [4.78, 5) is 0. The van der Waals surface area contributed by atoms with E-state index < -0.39 is 12.8 Å². The summed E-state index contributed by atoms with van der Waals surface area (Å²) in [6, 6.07) is 9.49. The Morgan fingerprint density at radius 3 is 2.30 bits per heavy atom. The molecule has 0 spiro atoms. The monoisotopic (exact) mass is 289 g/mol. The maximum Gasteiger partial charge on any atom is 0.411 e. The number of hydrogen-bond donors (Lipinski definition) is 1. The molecule has 2 nitrogen and oxygen atoms in total. The van der Waals surface area contributed by atoms with Crippen LogP contribution in [0.25, 0.3) is 0 Å². The third-order valence-corrected chi connectivity index (χ3v) is 2.80. The van der Waals surface area contributed by atoms with Crippen LogP contribution >= 0.6 is 0 Å². The van der Waals surface area contributed by atoms with Crippen molar-refractivity contribution < 1.29 is 17.9 Å². The second kappa shape index (κ2) is 8.27. The first kappa shape index (κ1) is 17.0. The van der Waals surface area contributed by atoms with Gasteiger partial charge in [-0.05, 0) is 18.0 Å². The summed E-state index contributed by atoms with van der Waals surface area (Å²) in [5.41, 5.74) is 0.992. The van der Waals surface area contributed by atoms with Crippen molar-refractivity contribution in [3.63, 3.8) is 0 Å². The number of ether oxygens (including phenoxy) is 1. The summed E-state index contributed by atoms with van der Waals surface area (Å²) in [6.45, 7) is 4.49. The average Bonchev–Trinajstić information content (AvgIpc) is 2.36. The highest BCUT2D eigenvalue weighted by Gasteiger charge is 2.28. The predicted octanol–water partition coefficient (Wildman–Crippen LogP) is 3.59. The highest BCUT2D eigenvalue weighted by molar-refractivity contribution is 5.20. The second-order valence-electron chi connectivity index (χ2n) is 5.29. The lowest BCUT2D eigenvalue weighted by molar-refractivity contribution is -0.174. The van der Waals surface area contributed by atoms with Crippen molar-refractivity contribution in [2.75, 3.05) is 26.3 Å². The van der Waals surface area contributed by atoms with Gasteiger partial charge < -0.3 is 10.1 Å². The van der Waals surface area contributed by atoms with Gasteiger partial charge in [-0.3, -0.25) is 0 Å². The van der Waals surface area contributed by atoms with Gasteiger partial charge in [0.25, 0.3) is 0 Å². The number of hydrogen-bond acceptors (Lipinski definition) is 2. The van der Waals surface area contributed by atoms with E-state index in [9.17, 15) is 13.2 Å². The van der Waals surface area contributed by atoms with Crippen LogP contribution in [0.2, 0.25) is 0 Å². The van der Waals surface area contributed by atoms with E-state index in [-0.39, 0.29) is 12.5 Å². The summed E-state index contributed by atoms with van der Waals surface area (Å²) in [7, 11) is 0. The molecule has 0 saturated carbocycles. The minimum Gasteiger partial charge on any atom is -0.371 e. The fraction of sp³-hybridized carbons (Fsp3) is 0.600. The Kier molecular flexibility index (Phi) is 7.02. The summed E-state index contributed by atoms with van der Waals surface area (Å²) >= 11 is 0. The van der Waals surface area contributed by atoms with Crippen LogP contribution in [0.4, 0.5) is 13.2 Å². The van der Waals surface area contributed by atoms with Crippen molar-refractivity contribution >= 4 is 0 Å². The quantitative estimate of drug-likeness (QED) is 0.789. The molecule has 0 aliphatic heterocycles. The molecule has 0 amide bonds. The smallest absolute Gasteiger partial charge is 0.371 e. The topological polar surface area (TPSA) is 21.3 Å². The average molecular weight is 289 g/mol. The molecule has 0 heterocycles.